The Morgan fingerprint density at radius 2 is 2.00 bits per heavy atom. The fraction of sp³-hybridized carbons (Fsp3) is 0.300. The smallest absolute Gasteiger partial charge is 0.154 e. The van der Waals surface area contributed by atoms with Gasteiger partial charge in [0.05, 0.1) is 29.3 Å². The van der Waals surface area contributed by atoms with Crippen molar-refractivity contribution in [1.29, 1.82) is 0 Å². The van der Waals surface area contributed by atoms with Crippen molar-refractivity contribution < 1.29 is 0 Å². The first-order valence-electron chi connectivity index (χ1n) is 9.08. The Labute approximate surface area is 160 Å². The molecule has 3 rings (SSSR count). The summed E-state index contributed by atoms with van der Waals surface area (Å²) in [6.07, 6.45) is 7.75. The summed E-state index contributed by atoms with van der Waals surface area (Å²) in [6, 6.07) is 5.98. The van der Waals surface area contributed by atoms with Crippen molar-refractivity contribution in [3.05, 3.63) is 59.8 Å². The molecule has 142 valence electrons. The van der Waals surface area contributed by atoms with Crippen molar-refractivity contribution >= 4 is 22.9 Å². The Balaban J connectivity index is 0.00000126. The van der Waals surface area contributed by atoms with E-state index in [-0.39, 0.29) is 0 Å². The van der Waals surface area contributed by atoms with Gasteiger partial charge < -0.3 is 11.1 Å². The number of rotatable bonds is 5. The van der Waals surface area contributed by atoms with E-state index in [9.17, 15) is 0 Å². The number of allylic oxidation sites excluding steroid dienone is 1. The molecule has 0 unspecified atom stereocenters. The Morgan fingerprint density at radius 1 is 1.22 bits per heavy atom. The van der Waals surface area contributed by atoms with E-state index in [0.29, 0.717) is 11.6 Å². The van der Waals surface area contributed by atoms with Crippen LogP contribution < -0.4 is 11.1 Å². The van der Waals surface area contributed by atoms with Crippen LogP contribution in [-0.2, 0) is 0 Å². The van der Waals surface area contributed by atoms with Gasteiger partial charge in [0.2, 0.25) is 0 Å². The highest BCUT2D eigenvalue weighted by atomic mass is 15.3. The number of fused-ring (bicyclic) bond motifs is 1. The molecule has 3 heterocycles. The van der Waals surface area contributed by atoms with E-state index in [1.807, 2.05) is 45.2 Å². The van der Waals surface area contributed by atoms with Crippen LogP contribution in [-0.4, -0.2) is 32.3 Å². The first-order valence-corrected chi connectivity index (χ1v) is 9.08. The van der Waals surface area contributed by atoms with Gasteiger partial charge in [-0.2, -0.15) is 5.10 Å². The molecule has 3 aromatic rings. The molecule has 0 bridgehead atoms. The van der Waals surface area contributed by atoms with Gasteiger partial charge in [-0.1, -0.05) is 20.8 Å². The topological polar surface area (TPSA) is 93.5 Å². The second-order valence-corrected chi connectivity index (χ2v) is 5.60. The van der Waals surface area contributed by atoms with Gasteiger partial charge in [0.25, 0.3) is 0 Å². The molecule has 3 aromatic heterocycles. The van der Waals surface area contributed by atoms with Crippen LogP contribution in [0.2, 0.25) is 0 Å². The van der Waals surface area contributed by atoms with Gasteiger partial charge in [-0.05, 0) is 37.3 Å². The molecule has 0 aliphatic rings. The van der Waals surface area contributed by atoms with Crippen LogP contribution in [0.15, 0.2) is 53.6 Å². The van der Waals surface area contributed by atoms with Gasteiger partial charge >= 0.3 is 0 Å². The van der Waals surface area contributed by atoms with Crippen LogP contribution in [0.1, 0.15) is 38.4 Å². The summed E-state index contributed by atoms with van der Waals surface area (Å²) in [5.41, 5.74) is 10.5. The van der Waals surface area contributed by atoms with Crippen molar-refractivity contribution in [3.63, 3.8) is 0 Å². The maximum Gasteiger partial charge on any atom is 0.154 e. The van der Waals surface area contributed by atoms with E-state index < -0.39 is 0 Å². The minimum Gasteiger partial charge on any atom is -0.404 e. The van der Waals surface area contributed by atoms with Gasteiger partial charge in [0, 0.05) is 24.9 Å². The fourth-order valence-corrected chi connectivity index (χ4v) is 2.61. The number of pyridine rings is 1. The number of aryl methyl sites for hydroxylation is 1. The predicted molar refractivity (Wildman–Crippen MR) is 112 cm³/mol. The molecular formula is C20H27N7. The fourth-order valence-electron chi connectivity index (χ4n) is 2.61. The molecule has 0 atom stereocenters. The summed E-state index contributed by atoms with van der Waals surface area (Å²) >= 11 is 0. The van der Waals surface area contributed by atoms with Crippen LogP contribution in [0.4, 0.5) is 11.6 Å². The lowest BCUT2D eigenvalue weighted by Crippen LogP contribution is -2.07. The normalized spacial score (nSPS) is 11.9. The SMILES string of the molecule is CC.CC/C(=C/N)C(=NC)c1ccn2nc(Nc3cnc(C)cn3)cc2c1. The Kier molecular flexibility index (Phi) is 7.05. The van der Waals surface area contributed by atoms with Crippen molar-refractivity contribution in [2.45, 2.75) is 34.1 Å². The second-order valence-electron chi connectivity index (χ2n) is 5.60. The number of anilines is 2. The van der Waals surface area contributed by atoms with Crippen LogP contribution in [0.3, 0.4) is 0 Å². The standard InChI is InChI=1S/C18H21N7.C2H6/c1-4-13(9-19)18(20-3)14-5-6-25-15(7-14)8-16(24-25)23-17-11-21-12(2)10-22-17;1-2/h5-11H,4,19H2,1-3H3,(H,22,23,24);1-2H3/b13-9-,20-18?;. The summed E-state index contributed by atoms with van der Waals surface area (Å²) in [6.45, 7) is 7.96. The Hall–Kier alpha value is -3.22. The molecule has 0 radical (unpaired) electrons. The lowest BCUT2D eigenvalue weighted by atomic mass is 10.0. The number of aromatic nitrogens is 4. The molecule has 0 aromatic carbocycles. The van der Waals surface area contributed by atoms with E-state index >= 15 is 0 Å². The number of nitrogens with one attached hydrogen (secondary N) is 1. The van der Waals surface area contributed by atoms with Crippen molar-refractivity contribution in [2.24, 2.45) is 10.7 Å². The quantitative estimate of drug-likeness (QED) is 0.669. The Morgan fingerprint density at radius 3 is 2.59 bits per heavy atom. The first kappa shape index (κ1) is 20.1. The van der Waals surface area contributed by atoms with Crippen LogP contribution in [0.25, 0.3) is 5.52 Å². The number of aliphatic imine (C=N–C) groups is 1. The van der Waals surface area contributed by atoms with E-state index in [1.54, 1.807) is 30.2 Å². The number of hydrogen-bond acceptors (Lipinski definition) is 6. The van der Waals surface area contributed by atoms with E-state index in [2.05, 4.69) is 32.3 Å². The van der Waals surface area contributed by atoms with Gasteiger partial charge in [-0.25, -0.2) is 9.50 Å². The van der Waals surface area contributed by atoms with Crippen LogP contribution in [0, 0.1) is 6.92 Å². The summed E-state index contributed by atoms with van der Waals surface area (Å²) in [5, 5.41) is 7.66. The monoisotopic (exact) mass is 365 g/mol. The molecule has 7 heteroatoms. The molecular weight excluding hydrogens is 338 g/mol. The maximum atomic E-state index is 5.73. The largest absolute Gasteiger partial charge is 0.404 e. The summed E-state index contributed by atoms with van der Waals surface area (Å²) in [4.78, 5) is 12.9. The molecule has 0 amide bonds. The first-order chi connectivity index (χ1) is 13.1. The molecule has 7 nitrogen and oxygen atoms in total. The van der Waals surface area contributed by atoms with Crippen LogP contribution >= 0.6 is 0 Å². The highest BCUT2D eigenvalue weighted by molar-refractivity contribution is 6.12. The average Bonchev–Trinajstić information content (AvgIpc) is 3.10. The molecule has 0 saturated carbocycles. The van der Waals surface area contributed by atoms with Crippen molar-refractivity contribution in [2.75, 3.05) is 12.4 Å². The summed E-state index contributed by atoms with van der Waals surface area (Å²) in [7, 11) is 1.78. The lowest BCUT2D eigenvalue weighted by molar-refractivity contribution is 0.962. The zero-order valence-electron chi connectivity index (χ0n) is 16.6. The average molecular weight is 365 g/mol. The molecule has 0 spiro atoms. The van der Waals surface area contributed by atoms with Gasteiger partial charge in [-0.3, -0.25) is 9.98 Å². The summed E-state index contributed by atoms with van der Waals surface area (Å²) < 4.78 is 1.80. The number of nitrogens with zero attached hydrogens (tertiary/aromatic N) is 5. The van der Waals surface area contributed by atoms with Gasteiger partial charge in [-0.15, -0.1) is 0 Å². The maximum absolute atomic E-state index is 5.73. The van der Waals surface area contributed by atoms with Crippen molar-refractivity contribution in [1.82, 2.24) is 19.6 Å². The van der Waals surface area contributed by atoms with E-state index in [4.69, 9.17) is 5.73 Å². The number of nitrogens with two attached hydrogens (primary N) is 1. The zero-order valence-corrected chi connectivity index (χ0v) is 16.6. The minimum absolute atomic E-state index is 0.657. The Bertz CT molecular complexity index is 937. The highest BCUT2D eigenvalue weighted by Crippen LogP contribution is 2.19. The minimum atomic E-state index is 0.657. The molecule has 0 aliphatic heterocycles. The molecule has 0 aliphatic carbocycles. The summed E-state index contributed by atoms with van der Waals surface area (Å²) in [5.74, 6) is 1.36. The van der Waals surface area contributed by atoms with Crippen molar-refractivity contribution in [3.8, 4) is 0 Å². The second kappa shape index (κ2) is 9.47. The third kappa shape index (κ3) is 4.69. The van der Waals surface area contributed by atoms with Gasteiger partial charge in [0.15, 0.2) is 5.82 Å². The van der Waals surface area contributed by atoms with Crippen LogP contribution in [0.5, 0.6) is 0 Å². The third-order valence-corrected chi connectivity index (χ3v) is 3.88. The molecule has 27 heavy (non-hydrogen) atoms. The van der Waals surface area contributed by atoms with E-state index in [1.165, 1.54) is 0 Å². The molecule has 3 N–H and O–H groups in total. The number of hydrogen-bond donors (Lipinski definition) is 2. The zero-order chi connectivity index (χ0) is 19.8. The highest BCUT2D eigenvalue weighted by Gasteiger charge is 2.10. The molecule has 0 saturated heterocycles. The van der Waals surface area contributed by atoms with E-state index in [0.717, 1.165) is 34.5 Å². The third-order valence-electron chi connectivity index (χ3n) is 3.88. The molecule has 0 fully saturated rings. The van der Waals surface area contributed by atoms with Gasteiger partial charge in [0.1, 0.15) is 5.82 Å². The predicted octanol–water partition coefficient (Wildman–Crippen LogP) is 3.87. The lowest BCUT2D eigenvalue weighted by Gasteiger charge is -2.08.